The van der Waals surface area contributed by atoms with Crippen LogP contribution in [0.3, 0.4) is 0 Å². The van der Waals surface area contributed by atoms with Gasteiger partial charge in [0.1, 0.15) is 6.04 Å². The molecule has 0 spiro atoms. The molecule has 0 radical (unpaired) electrons. The van der Waals surface area contributed by atoms with E-state index in [0.29, 0.717) is 43.0 Å². The molecule has 0 aliphatic carbocycles. The molecular formula is C23H22N4O4. The van der Waals surface area contributed by atoms with Gasteiger partial charge in [0.2, 0.25) is 12.7 Å². The van der Waals surface area contributed by atoms with Gasteiger partial charge in [0.05, 0.1) is 0 Å². The van der Waals surface area contributed by atoms with E-state index in [0.717, 1.165) is 28.8 Å². The molecule has 3 aliphatic rings. The molecule has 31 heavy (non-hydrogen) atoms. The van der Waals surface area contributed by atoms with Gasteiger partial charge in [-0.1, -0.05) is 6.07 Å². The summed E-state index contributed by atoms with van der Waals surface area (Å²) < 4.78 is 10.9. The van der Waals surface area contributed by atoms with Crippen LogP contribution in [0.4, 0.5) is 5.69 Å². The highest BCUT2D eigenvalue weighted by Crippen LogP contribution is 2.42. The fourth-order valence-corrected chi connectivity index (χ4v) is 4.65. The number of amides is 2. The Balaban J connectivity index is 1.59. The van der Waals surface area contributed by atoms with E-state index >= 15 is 0 Å². The average Bonchev–Trinajstić information content (AvgIpc) is 3.55. The van der Waals surface area contributed by atoms with Crippen molar-refractivity contribution in [1.82, 2.24) is 10.2 Å². The van der Waals surface area contributed by atoms with Crippen LogP contribution in [0.2, 0.25) is 0 Å². The minimum absolute atomic E-state index is 0.0801. The fourth-order valence-electron chi connectivity index (χ4n) is 4.65. The molecule has 1 atom stereocenters. The Morgan fingerprint density at radius 3 is 2.81 bits per heavy atom. The quantitative estimate of drug-likeness (QED) is 0.769. The van der Waals surface area contributed by atoms with Crippen molar-refractivity contribution in [3.8, 4) is 28.8 Å². The lowest BCUT2D eigenvalue weighted by atomic mass is 9.94. The third-order valence-electron chi connectivity index (χ3n) is 6.21. The SMILES string of the molecule is CNC(=O)c1cc(-c2ccc3c(c2)OCO3)c2c(c1)N(C(=O)[C@@H]1CCCN1C#N)CC2. The fraction of sp³-hybridized carbons (Fsp3) is 0.348. The van der Waals surface area contributed by atoms with Crippen LogP contribution in [0.15, 0.2) is 30.3 Å². The van der Waals surface area contributed by atoms with Crippen molar-refractivity contribution < 1.29 is 19.1 Å². The molecule has 3 heterocycles. The van der Waals surface area contributed by atoms with Crippen LogP contribution >= 0.6 is 0 Å². The summed E-state index contributed by atoms with van der Waals surface area (Å²) in [5.41, 5.74) is 4.04. The topological polar surface area (TPSA) is 94.9 Å². The van der Waals surface area contributed by atoms with Gasteiger partial charge in [-0.15, -0.1) is 0 Å². The van der Waals surface area contributed by atoms with Gasteiger partial charge in [-0.05, 0) is 60.2 Å². The van der Waals surface area contributed by atoms with E-state index in [1.807, 2.05) is 24.3 Å². The van der Waals surface area contributed by atoms with E-state index in [1.54, 1.807) is 22.9 Å². The summed E-state index contributed by atoms with van der Waals surface area (Å²) in [5.74, 6) is 1.06. The molecule has 0 saturated carbocycles. The minimum Gasteiger partial charge on any atom is -0.454 e. The summed E-state index contributed by atoms with van der Waals surface area (Å²) in [7, 11) is 1.59. The Morgan fingerprint density at radius 1 is 1.16 bits per heavy atom. The Morgan fingerprint density at radius 2 is 2.00 bits per heavy atom. The molecule has 1 N–H and O–H groups in total. The highest BCUT2D eigenvalue weighted by atomic mass is 16.7. The number of benzene rings is 2. The number of carbonyl (C=O) groups excluding carboxylic acids is 2. The first-order chi connectivity index (χ1) is 15.1. The maximum atomic E-state index is 13.3. The zero-order valence-electron chi connectivity index (χ0n) is 17.2. The van der Waals surface area contributed by atoms with Crippen LogP contribution in [-0.4, -0.2) is 49.7 Å². The van der Waals surface area contributed by atoms with Crippen molar-refractivity contribution in [3.05, 3.63) is 41.5 Å². The van der Waals surface area contributed by atoms with Crippen LogP contribution in [-0.2, 0) is 11.2 Å². The van der Waals surface area contributed by atoms with Gasteiger partial charge < -0.3 is 19.7 Å². The van der Waals surface area contributed by atoms with Crippen molar-refractivity contribution in [1.29, 1.82) is 5.26 Å². The number of rotatable bonds is 3. The van der Waals surface area contributed by atoms with E-state index in [1.165, 1.54) is 0 Å². The molecule has 0 aromatic heterocycles. The van der Waals surface area contributed by atoms with Crippen molar-refractivity contribution in [2.45, 2.75) is 25.3 Å². The summed E-state index contributed by atoms with van der Waals surface area (Å²) in [4.78, 5) is 29.1. The summed E-state index contributed by atoms with van der Waals surface area (Å²) >= 11 is 0. The molecular weight excluding hydrogens is 396 g/mol. The lowest BCUT2D eigenvalue weighted by Gasteiger charge is -2.25. The van der Waals surface area contributed by atoms with E-state index in [-0.39, 0.29) is 18.6 Å². The van der Waals surface area contributed by atoms with Gasteiger partial charge in [-0.3, -0.25) is 14.5 Å². The number of nitriles is 1. The molecule has 158 valence electrons. The molecule has 0 unspecified atom stereocenters. The van der Waals surface area contributed by atoms with E-state index in [9.17, 15) is 14.9 Å². The van der Waals surface area contributed by atoms with Crippen LogP contribution in [0.25, 0.3) is 11.1 Å². The largest absolute Gasteiger partial charge is 0.454 e. The molecule has 5 rings (SSSR count). The Bertz CT molecular complexity index is 1120. The summed E-state index contributed by atoms with van der Waals surface area (Å²) in [6.45, 7) is 1.32. The maximum Gasteiger partial charge on any atom is 0.251 e. The number of ether oxygens (including phenoxy) is 2. The van der Waals surface area contributed by atoms with E-state index in [4.69, 9.17) is 9.47 Å². The number of hydrogen-bond donors (Lipinski definition) is 1. The molecule has 1 fully saturated rings. The van der Waals surface area contributed by atoms with Crippen LogP contribution in [0, 0.1) is 11.5 Å². The molecule has 3 aliphatic heterocycles. The second-order valence-corrected chi connectivity index (χ2v) is 7.86. The van der Waals surface area contributed by atoms with Crippen LogP contribution in [0.1, 0.15) is 28.8 Å². The van der Waals surface area contributed by atoms with Gasteiger partial charge in [0.25, 0.3) is 5.91 Å². The second kappa shape index (κ2) is 7.51. The zero-order valence-corrected chi connectivity index (χ0v) is 17.2. The number of nitrogens with one attached hydrogen (secondary N) is 1. The van der Waals surface area contributed by atoms with Crippen LogP contribution < -0.4 is 19.7 Å². The lowest BCUT2D eigenvalue weighted by Crippen LogP contribution is -2.43. The summed E-state index contributed by atoms with van der Waals surface area (Å²) in [5, 5.41) is 12.0. The smallest absolute Gasteiger partial charge is 0.251 e. The molecule has 2 aromatic carbocycles. The van der Waals surface area contributed by atoms with E-state index in [2.05, 4.69) is 11.5 Å². The predicted octanol–water partition coefficient (Wildman–Crippen LogP) is 2.28. The highest BCUT2D eigenvalue weighted by Gasteiger charge is 2.37. The van der Waals surface area contributed by atoms with Gasteiger partial charge >= 0.3 is 0 Å². The van der Waals surface area contributed by atoms with Crippen molar-refractivity contribution in [2.75, 3.05) is 31.8 Å². The first-order valence-electron chi connectivity index (χ1n) is 10.4. The summed E-state index contributed by atoms with van der Waals surface area (Å²) in [6.07, 6.45) is 4.31. The maximum absolute atomic E-state index is 13.3. The minimum atomic E-state index is -0.436. The number of hydrogen-bond acceptors (Lipinski definition) is 6. The van der Waals surface area contributed by atoms with Crippen LogP contribution in [0.5, 0.6) is 11.5 Å². The predicted molar refractivity (Wildman–Crippen MR) is 113 cm³/mol. The molecule has 1 saturated heterocycles. The first kappa shape index (κ1) is 19.2. The number of fused-ring (bicyclic) bond motifs is 2. The Hall–Kier alpha value is -3.73. The Kier molecular flexibility index (Phi) is 4.66. The van der Waals surface area contributed by atoms with Crippen molar-refractivity contribution in [2.24, 2.45) is 0 Å². The third-order valence-corrected chi connectivity index (χ3v) is 6.21. The monoisotopic (exact) mass is 418 g/mol. The Labute approximate surface area is 179 Å². The summed E-state index contributed by atoms with van der Waals surface area (Å²) in [6, 6.07) is 8.91. The zero-order chi connectivity index (χ0) is 21.5. The number of carbonyl (C=O) groups is 2. The lowest BCUT2D eigenvalue weighted by molar-refractivity contribution is -0.121. The highest BCUT2D eigenvalue weighted by molar-refractivity contribution is 6.04. The number of anilines is 1. The van der Waals surface area contributed by atoms with Gasteiger partial charge in [-0.2, -0.15) is 5.26 Å². The normalized spacial score (nSPS) is 18.6. The molecule has 0 bridgehead atoms. The van der Waals surface area contributed by atoms with Gasteiger partial charge in [-0.25, -0.2) is 0 Å². The van der Waals surface area contributed by atoms with Gasteiger partial charge in [0.15, 0.2) is 17.7 Å². The number of nitrogens with zero attached hydrogens (tertiary/aromatic N) is 3. The van der Waals surface area contributed by atoms with Crippen molar-refractivity contribution >= 4 is 17.5 Å². The number of likely N-dealkylation sites (tertiary alicyclic amines) is 1. The molecule has 2 amide bonds. The third kappa shape index (κ3) is 3.13. The second-order valence-electron chi connectivity index (χ2n) is 7.86. The van der Waals surface area contributed by atoms with Crippen molar-refractivity contribution in [3.63, 3.8) is 0 Å². The molecule has 8 heteroatoms. The molecule has 8 nitrogen and oxygen atoms in total. The average molecular weight is 418 g/mol. The van der Waals surface area contributed by atoms with Gasteiger partial charge in [0, 0.05) is 31.4 Å². The first-order valence-corrected chi connectivity index (χ1v) is 10.4. The molecule has 2 aromatic rings. The standard InChI is InChI=1S/C23H22N4O4/c1-25-22(28)15-9-17(14-4-5-20-21(11-14)31-13-30-20)16-6-8-27(19(16)10-15)23(29)18-3-2-7-26(18)12-24/h4-5,9-11,18H,2-3,6-8,13H2,1H3,(H,25,28)/t18-/m0/s1. The van der Waals surface area contributed by atoms with E-state index < -0.39 is 6.04 Å².